The average Bonchev–Trinajstić information content (AvgIpc) is 3.15. The maximum atomic E-state index is 13.2. The van der Waals surface area contributed by atoms with E-state index in [4.69, 9.17) is 16.3 Å². The molecule has 0 spiro atoms. The summed E-state index contributed by atoms with van der Waals surface area (Å²) >= 11 is 6.02. The van der Waals surface area contributed by atoms with Crippen molar-refractivity contribution in [2.75, 3.05) is 11.5 Å². The number of ketones is 1. The van der Waals surface area contributed by atoms with Crippen LogP contribution >= 0.6 is 11.6 Å². The molecule has 0 saturated heterocycles. The first-order valence-corrected chi connectivity index (χ1v) is 11.5. The zero-order chi connectivity index (χ0) is 27.2. The summed E-state index contributed by atoms with van der Waals surface area (Å²) in [7, 11) is 0. The normalized spacial score (nSPS) is 13.1. The molecule has 0 N–H and O–H groups in total. The lowest BCUT2D eigenvalue weighted by Crippen LogP contribution is -2.30. The second-order valence-corrected chi connectivity index (χ2v) is 8.84. The first-order valence-electron chi connectivity index (χ1n) is 11.1. The van der Waals surface area contributed by atoms with E-state index in [0.29, 0.717) is 16.5 Å². The van der Waals surface area contributed by atoms with Crippen LogP contribution in [0.15, 0.2) is 78.9 Å². The predicted octanol–water partition coefficient (Wildman–Crippen LogP) is 6.35. The largest absolute Gasteiger partial charge is 0.454 e. The van der Waals surface area contributed by atoms with Crippen LogP contribution in [0.5, 0.6) is 0 Å². The average molecular weight is 538 g/mol. The van der Waals surface area contributed by atoms with Gasteiger partial charge in [0.15, 0.2) is 12.4 Å². The summed E-state index contributed by atoms with van der Waals surface area (Å²) in [5.41, 5.74) is -1.62. The fourth-order valence-corrected chi connectivity index (χ4v) is 4.31. The van der Waals surface area contributed by atoms with Gasteiger partial charge in [0.1, 0.15) is 0 Å². The van der Waals surface area contributed by atoms with E-state index in [1.807, 2.05) is 24.3 Å². The molecule has 0 aromatic heterocycles. The number of benzene rings is 4. The fraction of sp³-hybridized carbons (Fsp3) is 0.0714. The van der Waals surface area contributed by atoms with Crippen molar-refractivity contribution in [1.29, 1.82) is 0 Å². The number of amides is 2. The molecule has 38 heavy (non-hydrogen) atoms. The molecular weight excluding hydrogens is 523 g/mol. The first-order chi connectivity index (χ1) is 18.0. The summed E-state index contributed by atoms with van der Waals surface area (Å²) in [5.74, 6) is -3.20. The number of halogens is 4. The molecule has 1 heterocycles. The molecule has 0 atom stereocenters. The molecule has 0 unspecified atom stereocenters. The minimum Gasteiger partial charge on any atom is -0.454 e. The SMILES string of the molecule is O=C(COC(=O)c1ccc2c(c1)C(=O)N(c1cc(C(F)(F)F)ccc1Cl)C2=O)c1ccc2ccccc2c1. The summed E-state index contributed by atoms with van der Waals surface area (Å²) in [6, 6.07) is 18.3. The van der Waals surface area contributed by atoms with Crippen LogP contribution in [0, 0.1) is 0 Å². The van der Waals surface area contributed by atoms with Gasteiger partial charge in [0.25, 0.3) is 11.8 Å². The Hall–Kier alpha value is -4.50. The van der Waals surface area contributed by atoms with Crippen LogP contribution in [-0.2, 0) is 10.9 Å². The van der Waals surface area contributed by atoms with E-state index in [9.17, 15) is 32.3 Å². The number of imide groups is 1. The number of hydrogen-bond donors (Lipinski definition) is 0. The van der Waals surface area contributed by atoms with Crippen LogP contribution in [0.3, 0.4) is 0 Å². The number of fused-ring (bicyclic) bond motifs is 2. The standard InChI is InChI=1S/C28H15ClF3NO5/c29-22-10-8-19(28(30,31)32)13-23(22)33-25(35)20-9-7-18(12-21(20)26(33)36)27(37)38-14-24(34)17-6-5-15-3-1-2-4-16(15)11-17/h1-13H,14H2. The molecule has 10 heteroatoms. The Morgan fingerprint density at radius 3 is 2.21 bits per heavy atom. The third kappa shape index (κ3) is 4.52. The molecule has 4 aromatic carbocycles. The number of hydrogen-bond acceptors (Lipinski definition) is 5. The second kappa shape index (κ2) is 9.42. The number of alkyl halides is 3. The van der Waals surface area contributed by atoms with Gasteiger partial charge in [0.2, 0.25) is 0 Å². The zero-order valence-corrected chi connectivity index (χ0v) is 20.0. The highest BCUT2D eigenvalue weighted by Crippen LogP contribution is 2.38. The van der Waals surface area contributed by atoms with E-state index in [0.717, 1.165) is 29.0 Å². The molecule has 0 fully saturated rings. The third-order valence-electron chi connectivity index (χ3n) is 6.04. The smallest absolute Gasteiger partial charge is 0.416 e. The van der Waals surface area contributed by atoms with E-state index in [1.54, 1.807) is 18.2 Å². The van der Waals surface area contributed by atoms with E-state index in [2.05, 4.69) is 0 Å². The Morgan fingerprint density at radius 2 is 1.47 bits per heavy atom. The summed E-state index contributed by atoms with van der Waals surface area (Å²) in [6.45, 7) is -0.562. The molecule has 0 aliphatic carbocycles. The topological polar surface area (TPSA) is 80.8 Å². The molecule has 6 nitrogen and oxygen atoms in total. The molecule has 4 aromatic rings. The van der Waals surface area contributed by atoms with Crippen molar-refractivity contribution in [2.45, 2.75) is 6.18 Å². The van der Waals surface area contributed by atoms with Gasteiger partial charge in [0, 0.05) is 5.56 Å². The second-order valence-electron chi connectivity index (χ2n) is 8.43. The maximum Gasteiger partial charge on any atom is 0.416 e. The predicted molar refractivity (Wildman–Crippen MR) is 133 cm³/mol. The Balaban J connectivity index is 1.34. The van der Waals surface area contributed by atoms with Crippen molar-refractivity contribution in [3.63, 3.8) is 0 Å². The maximum absolute atomic E-state index is 13.2. The summed E-state index contributed by atoms with van der Waals surface area (Å²) in [4.78, 5) is 51.6. The lowest BCUT2D eigenvalue weighted by Gasteiger charge is -2.17. The highest BCUT2D eigenvalue weighted by Gasteiger charge is 2.40. The van der Waals surface area contributed by atoms with Crippen LogP contribution in [0.4, 0.5) is 18.9 Å². The molecule has 190 valence electrons. The number of esters is 1. The number of rotatable bonds is 5. The molecule has 0 bridgehead atoms. The highest BCUT2D eigenvalue weighted by molar-refractivity contribution is 6.40. The van der Waals surface area contributed by atoms with Crippen molar-refractivity contribution < 1.29 is 37.1 Å². The van der Waals surface area contributed by atoms with Crippen molar-refractivity contribution in [1.82, 2.24) is 0 Å². The van der Waals surface area contributed by atoms with Crippen LogP contribution < -0.4 is 4.90 Å². The highest BCUT2D eigenvalue weighted by atomic mass is 35.5. The third-order valence-corrected chi connectivity index (χ3v) is 6.36. The van der Waals surface area contributed by atoms with Gasteiger partial charge >= 0.3 is 12.1 Å². The van der Waals surface area contributed by atoms with Crippen LogP contribution in [0.25, 0.3) is 10.8 Å². The van der Waals surface area contributed by atoms with Gasteiger partial charge in [0.05, 0.1) is 33.0 Å². The first kappa shape index (κ1) is 25.2. The monoisotopic (exact) mass is 537 g/mol. The number of ether oxygens (including phenoxy) is 1. The van der Waals surface area contributed by atoms with Crippen LogP contribution in [0.2, 0.25) is 5.02 Å². The number of nitrogens with zero attached hydrogens (tertiary/aromatic N) is 1. The van der Waals surface area contributed by atoms with Gasteiger partial charge in [-0.15, -0.1) is 0 Å². The molecule has 2 amide bonds. The van der Waals surface area contributed by atoms with E-state index >= 15 is 0 Å². The number of anilines is 1. The molecular formula is C28H15ClF3NO5. The Bertz CT molecular complexity index is 1660. The van der Waals surface area contributed by atoms with Gasteiger partial charge in [-0.05, 0) is 53.2 Å². The van der Waals surface area contributed by atoms with Gasteiger partial charge in [-0.2, -0.15) is 13.2 Å². The number of carbonyl (C=O) groups excluding carboxylic acids is 4. The van der Waals surface area contributed by atoms with Crippen molar-refractivity contribution >= 4 is 51.6 Å². The Labute approximate surface area is 218 Å². The van der Waals surface area contributed by atoms with Crippen molar-refractivity contribution in [3.05, 3.63) is 112 Å². The molecule has 1 aliphatic rings. The molecule has 1 aliphatic heterocycles. The zero-order valence-electron chi connectivity index (χ0n) is 19.2. The van der Waals surface area contributed by atoms with Crippen molar-refractivity contribution in [3.8, 4) is 0 Å². The number of Topliss-reactive ketones (excluding diaryl/α,β-unsaturated/α-hetero) is 1. The van der Waals surface area contributed by atoms with Crippen LogP contribution in [-0.4, -0.2) is 30.2 Å². The lowest BCUT2D eigenvalue weighted by atomic mass is 10.0. The van der Waals surface area contributed by atoms with Gasteiger partial charge in [-0.1, -0.05) is 48.0 Å². The van der Waals surface area contributed by atoms with E-state index < -0.39 is 47.6 Å². The molecule has 0 saturated carbocycles. The number of carbonyl (C=O) groups is 4. The Morgan fingerprint density at radius 1 is 0.789 bits per heavy atom. The quantitative estimate of drug-likeness (QED) is 0.168. The lowest BCUT2D eigenvalue weighted by molar-refractivity contribution is -0.137. The minimum absolute atomic E-state index is 0.117. The Kier molecular flexibility index (Phi) is 6.24. The molecule has 5 rings (SSSR count). The van der Waals surface area contributed by atoms with E-state index in [-0.39, 0.29) is 21.7 Å². The van der Waals surface area contributed by atoms with Gasteiger partial charge < -0.3 is 4.74 Å². The van der Waals surface area contributed by atoms with E-state index in [1.165, 1.54) is 12.1 Å². The fourth-order valence-electron chi connectivity index (χ4n) is 4.11. The van der Waals surface area contributed by atoms with Gasteiger partial charge in [-0.25, -0.2) is 9.69 Å². The minimum atomic E-state index is -4.72. The molecule has 0 radical (unpaired) electrons. The summed E-state index contributed by atoms with van der Waals surface area (Å²) < 4.78 is 44.7. The van der Waals surface area contributed by atoms with Gasteiger partial charge in [-0.3, -0.25) is 14.4 Å². The van der Waals surface area contributed by atoms with Crippen LogP contribution in [0.1, 0.15) is 47.0 Å². The summed E-state index contributed by atoms with van der Waals surface area (Å²) in [5, 5.41) is 1.55. The summed E-state index contributed by atoms with van der Waals surface area (Å²) in [6.07, 6.45) is -4.72. The van der Waals surface area contributed by atoms with Crippen molar-refractivity contribution in [2.24, 2.45) is 0 Å².